The Morgan fingerprint density at radius 2 is 1.60 bits per heavy atom. The molecule has 0 aliphatic carbocycles. The van der Waals surface area contributed by atoms with Gasteiger partial charge in [0.2, 0.25) is 11.8 Å². The molecule has 5 nitrogen and oxygen atoms in total. The maximum Gasteiger partial charge on any atom is 0.239 e. The minimum atomic E-state index is -0.200. The van der Waals surface area contributed by atoms with Crippen molar-refractivity contribution < 1.29 is 9.59 Å². The van der Waals surface area contributed by atoms with Crippen molar-refractivity contribution in [2.75, 3.05) is 26.2 Å². The van der Waals surface area contributed by atoms with Crippen LogP contribution < -0.4 is 5.73 Å². The number of rotatable bonds is 3. The summed E-state index contributed by atoms with van der Waals surface area (Å²) < 4.78 is 0. The second kappa shape index (κ2) is 6.57. The summed E-state index contributed by atoms with van der Waals surface area (Å²) in [6.07, 6.45) is 3.79. The molecule has 5 heteroatoms. The van der Waals surface area contributed by atoms with Gasteiger partial charge in [-0.2, -0.15) is 0 Å². The zero-order valence-electron chi connectivity index (χ0n) is 12.7. The summed E-state index contributed by atoms with van der Waals surface area (Å²) in [7, 11) is 0. The minimum absolute atomic E-state index is 0.00983. The van der Waals surface area contributed by atoms with E-state index in [1.165, 1.54) is 0 Å². The van der Waals surface area contributed by atoms with Crippen LogP contribution in [0.3, 0.4) is 0 Å². The SMILES string of the molecule is CC1CCN(C(=O)C(C)N2CCC(C(N)=O)CC2)CC1. The number of likely N-dealkylation sites (tertiary alicyclic amines) is 2. The summed E-state index contributed by atoms with van der Waals surface area (Å²) in [5.74, 6) is 0.771. The van der Waals surface area contributed by atoms with Crippen LogP contribution in [0.1, 0.15) is 39.5 Å². The Balaban J connectivity index is 1.83. The first kappa shape index (κ1) is 15.3. The second-order valence-electron chi connectivity index (χ2n) is 6.40. The Morgan fingerprint density at radius 1 is 1.05 bits per heavy atom. The number of carbonyl (C=O) groups is 2. The summed E-state index contributed by atoms with van der Waals surface area (Å²) in [5.41, 5.74) is 5.35. The van der Waals surface area contributed by atoms with Gasteiger partial charge in [0.25, 0.3) is 0 Å². The van der Waals surface area contributed by atoms with Crippen LogP contribution in [0.2, 0.25) is 0 Å². The summed E-state index contributed by atoms with van der Waals surface area (Å²) in [6, 6.07) is -0.0720. The van der Waals surface area contributed by atoms with E-state index in [9.17, 15) is 9.59 Å². The van der Waals surface area contributed by atoms with Crippen molar-refractivity contribution in [2.24, 2.45) is 17.6 Å². The lowest BCUT2D eigenvalue weighted by atomic mass is 9.94. The predicted molar refractivity (Wildman–Crippen MR) is 77.9 cm³/mol. The highest BCUT2D eigenvalue weighted by atomic mass is 16.2. The van der Waals surface area contributed by atoms with Crippen molar-refractivity contribution >= 4 is 11.8 Å². The molecule has 2 saturated heterocycles. The number of piperidine rings is 2. The molecule has 2 heterocycles. The first-order valence-electron chi connectivity index (χ1n) is 7.81. The average molecular weight is 281 g/mol. The van der Waals surface area contributed by atoms with Crippen LogP contribution in [0.5, 0.6) is 0 Å². The summed E-state index contributed by atoms with van der Waals surface area (Å²) >= 11 is 0. The largest absolute Gasteiger partial charge is 0.369 e. The van der Waals surface area contributed by atoms with Crippen molar-refractivity contribution in [2.45, 2.75) is 45.6 Å². The lowest BCUT2D eigenvalue weighted by molar-refractivity contribution is -0.138. The van der Waals surface area contributed by atoms with Gasteiger partial charge < -0.3 is 10.6 Å². The number of nitrogens with zero attached hydrogens (tertiary/aromatic N) is 2. The number of hydrogen-bond acceptors (Lipinski definition) is 3. The summed E-state index contributed by atoms with van der Waals surface area (Å²) in [4.78, 5) is 27.9. The molecule has 114 valence electrons. The van der Waals surface area contributed by atoms with Gasteiger partial charge in [-0.3, -0.25) is 14.5 Å². The third-order valence-corrected chi connectivity index (χ3v) is 4.93. The number of amides is 2. The van der Waals surface area contributed by atoms with Crippen LogP contribution in [0.4, 0.5) is 0 Å². The van der Waals surface area contributed by atoms with Crippen LogP contribution in [0.15, 0.2) is 0 Å². The number of hydrogen-bond donors (Lipinski definition) is 1. The first-order valence-corrected chi connectivity index (χ1v) is 7.81. The molecule has 0 aromatic rings. The van der Waals surface area contributed by atoms with Gasteiger partial charge in [0, 0.05) is 19.0 Å². The minimum Gasteiger partial charge on any atom is -0.369 e. The van der Waals surface area contributed by atoms with Gasteiger partial charge >= 0.3 is 0 Å². The van der Waals surface area contributed by atoms with E-state index in [0.29, 0.717) is 0 Å². The molecule has 2 fully saturated rings. The molecule has 20 heavy (non-hydrogen) atoms. The van der Waals surface area contributed by atoms with Crippen LogP contribution in [-0.4, -0.2) is 53.8 Å². The van der Waals surface area contributed by atoms with E-state index in [-0.39, 0.29) is 23.8 Å². The topological polar surface area (TPSA) is 66.6 Å². The highest BCUT2D eigenvalue weighted by Crippen LogP contribution is 2.21. The molecule has 2 amide bonds. The van der Waals surface area contributed by atoms with Crippen molar-refractivity contribution in [3.63, 3.8) is 0 Å². The van der Waals surface area contributed by atoms with E-state index in [4.69, 9.17) is 5.73 Å². The smallest absolute Gasteiger partial charge is 0.239 e. The fourth-order valence-corrected chi connectivity index (χ4v) is 3.22. The maximum atomic E-state index is 12.5. The lowest BCUT2D eigenvalue weighted by Gasteiger charge is -2.38. The zero-order chi connectivity index (χ0) is 14.7. The van der Waals surface area contributed by atoms with Gasteiger partial charge in [-0.15, -0.1) is 0 Å². The van der Waals surface area contributed by atoms with Gasteiger partial charge in [-0.05, 0) is 51.6 Å². The maximum absolute atomic E-state index is 12.5. The Morgan fingerprint density at radius 3 is 2.10 bits per heavy atom. The van der Waals surface area contributed by atoms with Crippen LogP contribution in [-0.2, 0) is 9.59 Å². The summed E-state index contributed by atoms with van der Waals surface area (Å²) in [5, 5.41) is 0. The number of nitrogens with two attached hydrogens (primary N) is 1. The molecule has 2 aliphatic heterocycles. The van der Waals surface area contributed by atoms with Crippen molar-refractivity contribution in [1.82, 2.24) is 9.80 Å². The fraction of sp³-hybridized carbons (Fsp3) is 0.867. The monoisotopic (exact) mass is 281 g/mol. The molecule has 2 rings (SSSR count). The van der Waals surface area contributed by atoms with Crippen LogP contribution >= 0.6 is 0 Å². The third kappa shape index (κ3) is 3.51. The number of primary amides is 1. The fourth-order valence-electron chi connectivity index (χ4n) is 3.22. The molecule has 0 spiro atoms. The highest BCUT2D eigenvalue weighted by Gasteiger charge is 2.31. The Bertz CT molecular complexity index is 356. The molecule has 2 aliphatic rings. The molecule has 1 unspecified atom stereocenters. The first-order chi connectivity index (χ1) is 9.49. The summed E-state index contributed by atoms with van der Waals surface area (Å²) in [6.45, 7) is 7.62. The van der Waals surface area contributed by atoms with E-state index in [1.807, 2.05) is 11.8 Å². The van der Waals surface area contributed by atoms with Crippen LogP contribution in [0.25, 0.3) is 0 Å². The molecule has 0 bridgehead atoms. The molecule has 0 aromatic carbocycles. The van der Waals surface area contributed by atoms with Crippen molar-refractivity contribution in [3.05, 3.63) is 0 Å². The van der Waals surface area contributed by atoms with Crippen molar-refractivity contribution in [1.29, 1.82) is 0 Å². The Kier molecular flexibility index (Phi) is 5.02. The van der Waals surface area contributed by atoms with Gasteiger partial charge in [-0.25, -0.2) is 0 Å². The van der Waals surface area contributed by atoms with Gasteiger partial charge in [0.05, 0.1) is 6.04 Å². The molecule has 0 aromatic heterocycles. The van der Waals surface area contributed by atoms with Crippen molar-refractivity contribution in [3.8, 4) is 0 Å². The van der Waals surface area contributed by atoms with E-state index in [0.717, 1.165) is 57.8 Å². The van der Waals surface area contributed by atoms with Gasteiger partial charge in [0.1, 0.15) is 0 Å². The quantitative estimate of drug-likeness (QED) is 0.833. The average Bonchev–Trinajstić information content (AvgIpc) is 2.46. The highest BCUT2D eigenvalue weighted by molar-refractivity contribution is 5.81. The van der Waals surface area contributed by atoms with Gasteiger partial charge in [0.15, 0.2) is 0 Å². The zero-order valence-corrected chi connectivity index (χ0v) is 12.7. The third-order valence-electron chi connectivity index (χ3n) is 4.93. The molecule has 0 saturated carbocycles. The molecule has 0 radical (unpaired) electrons. The van der Waals surface area contributed by atoms with E-state index >= 15 is 0 Å². The number of carbonyl (C=O) groups excluding carboxylic acids is 2. The predicted octanol–water partition coefficient (Wildman–Crippen LogP) is 0.831. The Hall–Kier alpha value is -1.10. The lowest BCUT2D eigenvalue weighted by Crippen LogP contribution is -2.52. The van der Waals surface area contributed by atoms with E-state index in [1.54, 1.807) is 0 Å². The molecular formula is C15H27N3O2. The van der Waals surface area contributed by atoms with E-state index < -0.39 is 0 Å². The molecular weight excluding hydrogens is 254 g/mol. The second-order valence-corrected chi connectivity index (χ2v) is 6.40. The Labute approximate surface area is 121 Å². The van der Waals surface area contributed by atoms with Gasteiger partial charge in [-0.1, -0.05) is 6.92 Å². The van der Waals surface area contributed by atoms with E-state index in [2.05, 4.69) is 11.8 Å². The molecule has 1 atom stereocenters. The molecule has 2 N–H and O–H groups in total. The van der Waals surface area contributed by atoms with Crippen LogP contribution in [0, 0.1) is 11.8 Å². The normalized spacial score (nSPS) is 24.6. The standard InChI is InChI=1S/C15H27N3O2/c1-11-3-7-18(8-4-11)15(20)12(2)17-9-5-13(6-10-17)14(16)19/h11-13H,3-10H2,1-2H3,(H2,16,19).